The maximum absolute atomic E-state index is 10.7. The second-order valence-corrected chi connectivity index (χ2v) is 4.47. The molecule has 2 heterocycles. The predicted molar refractivity (Wildman–Crippen MR) is 71.4 cm³/mol. The van der Waals surface area contributed by atoms with Crippen molar-refractivity contribution in [1.29, 1.82) is 0 Å². The van der Waals surface area contributed by atoms with Crippen molar-refractivity contribution in [2.75, 3.05) is 5.32 Å². The number of hydrogen-bond donors (Lipinski definition) is 2. The third-order valence-electron chi connectivity index (χ3n) is 2.91. The summed E-state index contributed by atoms with van der Waals surface area (Å²) in [6.07, 6.45) is 1.52. The van der Waals surface area contributed by atoms with Crippen LogP contribution in [0.5, 0.6) is 0 Å². The van der Waals surface area contributed by atoms with Gasteiger partial charge in [0.1, 0.15) is 17.2 Å². The summed E-state index contributed by atoms with van der Waals surface area (Å²) in [7, 11) is 0. The summed E-state index contributed by atoms with van der Waals surface area (Å²) >= 11 is 0. The van der Waals surface area contributed by atoms with Crippen LogP contribution in [0.1, 0.15) is 40.5 Å². The van der Waals surface area contributed by atoms with E-state index in [1.165, 1.54) is 12.3 Å². The summed E-state index contributed by atoms with van der Waals surface area (Å²) < 4.78 is 5.49. The maximum atomic E-state index is 10.7. The number of aromatic nitrogens is 1. The van der Waals surface area contributed by atoms with E-state index in [4.69, 9.17) is 9.52 Å². The largest absolute Gasteiger partial charge is 0.477 e. The molecular formula is C14H16N2O3. The van der Waals surface area contributed by atoms with Crippen LogP contribution in [-0.4, -0.2) is 16.1 Å². The zero-order valence-corrected chi connectivity index (χ0v) is 11.1. The number of carboxylic acids is 1. The molecule has 0 radical (unpaired) electrons. The molecule has 5 nitrogen and oxygen atoms in total. The molecule has 2 aromatic rings. The third-order valence-corrected chi connectivity index (χ3v) is 2.91. The van der Waals surface area contributed by atoms with Gasteiger partial charge in [0.2, 0.25) is 0 Å². The molecule has 100 valence electrons. The quantitative estimate of drug-likeness (QED) is 0.883. The van der Waals surface area contributed by atoms with Crippen LogP contribution >= 0.6 is 0 Å². The van der Waals surface area contributed by atoms with Crippen LogP contribution in [0.2, 0.25) is 0 Å². The minimum atomic E-state index is -1.03. The number of nitrogens with one attached hydrogen (secondary N) is 1. The van der Waals surface area contributed by atoms with Crippen molar-refractivity contribution < 1.29 is 14.3 Å². The van der Waals surface area contributed by atoms with Crippen molar-refractivity contribution in [3.63, 3.8) is 0 Å². The Bertz CT molecular complexity index is 587. The number of aryl methyl sites for hydroxylation is 2. The molecule has 19 heavy (non-hydrogen) atoms. The van der Waals surface area contributed by atoms with Gasteiger partial charge in [0.05, 0.1) is 17.9 Å². The van der Waals surface area contributed by atoms with Gasteiger partial charge in [0.15, 0.2) is 0 Å². The molecule has 0 saturated carbocycles. The van der Waals surface area contributed by atoms with Crippen LogP contribution in [0.25, 0.3) is 0 Å². The molecule has 0 aliphatic rings. The van der Waals surface area contributed by atoms with Crippen molar-refractivity contribution in [3.05, 3.63) is 47.2 Å². The van der Waals surface area contributed by atoms with Gasteiger partial charge >= 0.3 is 5.97 Å². The molecule has 0 bridgehead atoms. The molecule has 1 unspecified atom stereocenters. The van der Waals surface area contributed by atoms with Gasteiger partial charge in [-0.05, 0) is 39.0 Å². The zero-order chi connectivity index (χ0) is 14.0. The SMILES string of the molecule is Cc1cc(C(C)Nc2ccc(C(=O)O)nc2)c(C)o1. The van der Waals surface area contributed by atoms with E-state index in [-0.39, 0.29) is 11.7 Å². The second kappa shape index (κ2) is 5.14. The number of anilines is 1. The normalized spacial score (nSPS) is 12.2. The van der Waals surface area contributed by atoms with Crippen LogP contribution in [-0.2, 0) is 0 Å². The number of pyridine rings is 1. The summed E-state index contributed by atoms with van der Waals surface area (Å²) in [5.74, 6) is 0.731. The van der Waals surface area contributed by atoms with Crippen molar-refractivity contribution in [2.24, 2.45) is 0 Å². The molecule has 0 aliphatic carbocycles. The van der Waals surface area contributed by atoms with E-state index < -0.39 is 5.97 Å². The lowest BCUT2D eigenvalue weighted by Gasteiger charge is -2.14. The molecule has 0 fully saturated rings. The monoisotopic (exact) mass is 260 g/mol. The van der Waals surface area contributed by atoms with Crippen molar-refractivity contribution in [3.8, 4) is 0 Å². The summed E-state index contributed by atoms with van der Waals surface area (Å²) in [5.41, 5.74) is 1.89. The third kappa shape index (κ3) is 2.93. The standard InChI is InChI=1S/C14H16N2O3/c1-8-6-12(10(3)19-8)9(2)16-11-4-5-13(14(17)18)15-7-11/h4-7,9,16H,1-3H3,(H,17,18). The highest BCUT2D eigenvalue weighted by Crippen LogP contribution is 2.24. The van der Waals surface area contributed by atoms with Crippen molar-refractivity contribution in [1.82, 2.24) is 4.98 Å². The number of hydrogen-bond acceptors (Lipinski definition) is 4. The highest BCUT2D eigenvalue weighted by atomic mass is 16.4. The van der Waals surface area contributed by atoms with Crippen molar-refractivity contribution in [2.45, 2.75) is 26.8 Å². The van der Waals surface area contributed by atoms with Gasteiger partial charge in [0.25, 0.3) is 0 Å². The number of aromatic carboxylic acids is 1. The highest BCUT2D eigenvalue weighted by Gasteiger charge is 2.13. The minimum absolute atomic E-state index is 0.0357. The van der Waals surface area contributed by atoms with E-state index in [9.17, 15) is 4.79 Å². The smallest absolute Gasteiger partial charge is 0.354 e. The molecule has 0 aromatic carbocycles. The topological polar surface area (TPSA) is 75.4 Å². The molecule has 0 spiro atoms. The average Bonchev–Trinajstić information content (AvgIpc) is 2.69. The summed E-state index contributed by atoms with van der Waals surface area (Å²) in [4.78, 5) is 14.6. The lowest BCUT2D eigenvalue weighted by atomic mass is 10.1. The van der Waals surface area contributed by atoms with Crippen molar-refractivity contribution >= 4 is 11.7 Å². The molecule has 0 amide bonds. The Morgan fingerprint density at radius 2 is 2.16 bits per heavy atom. The van der Waals surface area contributed by atoms with Crippen LogP contribution in [0, 0.1) is 13.8 Å². The lowest BCUT2D eigenvalue weighted by molar-refractivity contribution is 0.0690. The number of carboxylic acid groups (broad SMARTS) is 1. The molecule has 2 N–H and O–H groups in total. The van der Waals surface area contributed by atoms with Gasteiger partial charge in [-0.15, -0.1) is 0 Å². The van der Waals surface area contributed by atoms with Crippen LogP contribution < -0.4 is 5.32 Å². The number of nitrogens with zero attached hydrogens (tertiary/aromatic N) is 1. The molecule has 5 heteroatoms. The number of rotatable bonds is 4. The van der Waals surface area contributed by atoms with Crippen LogP contribution in [0.3, 0.4) is 0 Å². The van der Waals surface area contributed by atoms with E-state index in [2.05, 4.69) is 10.3 Å². The van der Waals surface area contributed by atoms with Gasteiger partial charge in [-0.25, -0.2) is 9.78 Å². The second-order valence-electron chi connectivity index (χ2n) is 4.47. The van der Waals surface area contributed by atoms with E-state index in [0.29, 0.717) is 0 Å². The van der Waals surface area contributed by atoms with Gasteiger partial charge in [-0.3, -0.25) is 0 Å². The maximum Gasteiger partial charge on any atom is 0.354 e. The first-order chi connectivity index (χ1) is 8.97. The number of carbonyl (C=O) groups is 1. The zero-order valence-electron chi connectivity index (χ0n) is 11.1. The van der Waals surface area contributed by atoms with Gasteiger partial charge in [0, 0.05) is 5.56 Å². The van der Waals surface area contributed by atoms with Gasteiger partial charge in [-0.2, -0.15) is 0 Å². The Hall–Kier alpha value is -2.30. The fourth-order valence-corrected chi connectivity index (χ4v) is 2.01. The first-order valence-electron chi connectivity index (χ1n) is 6.00. The molecular weight excluding hydrogens is 244 g/mol. The average molecular weight is 260 g/mol. The van der Waals surface area contributed by atoms with Gasteiger partial charge in [-0.1, -0.05) is 0 Å². The minimum Gasteiger partial charge on any atom is -0.477 e. The Morgan fingerprint density at radius 3 is 2.63 bits per heavy atom. The summed E-state index contributed by atoms with van der Waals surface area (Å²) in [6.45, 7) is 5.85. The first kappa shape index (κ1) is 13.1. The van der Waals surface area contributed by atoms with E-state index in [1.807, 2.05) is 26.8 Å². The first-order valence-corrected chi connectivity index (χ1v) is 6.00. The molecule has 1 atom stereocenters. The summed E-state index contributed by atoms with van der Waals surface area (Å²) in [5, 5.41) is 12.0. The Kier molecular flexibility index (Phi) is 3.55. The lowest BCUT2D eigenvalue weighted by Crippen LogP contribution is -2.08. The molecule has 0 saturated heterocycles. The highest BCUT2D eigenvalue weighted by molar-refractivity contribution is 5.85. The Morgan fingerprint density at radius 1 is 1.42 bits per heavy atom. The van der Waals surface area contributed by atoms with Crippen LogP contribution in [0.4, 0.5) is 5.69 Å². The number of furan rings is 1. The summed E-state index contributed by atoms with van der Waals surface area (Å²) in [6, 6.07) is 5.24. The van der Waals surface area contributed by atoms with E-state index in [0.717, 1.165) is 22.8 Å². The molecule has 2 rings (SSSR count). The van der Waals surface area contributed by atoms with Gasteiger partial charge < -0.3 is 14.8 Å². The Balaban J connectivity index is 2.12. The molecule has 2 aromatic heterocycles. The van der Waals surface area contributed by atoms with E-state index in [1.54, 1.807) is 6.07 Å². The molecule has 0 aliphatic heterocycles. The fraction of sp³-hybridized carbons (Fsp3) is 0.286. The van der Waals surface area contributed by atoms with E-state index >= 15 is 0 Å². The fourth-order valence-electron chi connectivity index (χ4n) is 2.01. The van der Waals surface area contributed by atoms with Crippen LogP contribution in [0.15, 0.2) is 28.8 Å². The predicted octanol–water partition coefficient (Wildman–Crippen LogP) is 3.16. The Labute approximate surface area is 111 Å².